The zero-order valence-corrected chi connectivity index (χ0v) is 13.5. The molecule has 24 heavy (non-hydrogen) atoms. The van der Waals surface area contributed by atoms with Crippen LogP contribution < -0.4 is 15.5 Å². The number of para-hydroxylation sites is 2. The predicted molar refractivity (Wildman–Crippen MR) is 94.3 cm³/mol. The summed E-state index contributed by atoms with van der Waals surface area (Å²) in [5.41, 5.74) is 1.74. The maximum Gasteiger partial charge on any atom is 0.279 e. The van der Waals surface area contributed by atoms with E-state index in [0.29, 0.717) is 17.8 Å². The maximum atomic E-state index is 12.5. The SMILES string of the molecule is O=C(C[NH+]1CCCC1)Nc1ccccc1C(=O)Nc1ccccc1. The average Bonchev–Trinajstić information content (AvgIpc) is 3.09. The first kappa shape index (κ1) is 16.2. The Morgan fingerprint density at radius 2 is 1.54 bits per heavy atom. The number of quaternary nitrogens is 1. The van der Waals surface area contributed by atoms with E-state index < -0.39 is 0 Å². The number of benzene rings is 2. The third kappa shape index (κ3) is 4.20. The topological polar surface area (TPSA) is 62.6 Å². The second kappa shape index (κ2) is 7.75. The van der Waals surface area contributed by atoms with Crippen LogP contribution in [0, 0.1) is 0 Å². The number of anilines is 2. The number of hydrogen-bond donors (Lipinski definition) is 3. The van der Waals surface area contributed by atoms with Crippen molar-refractivity contribution in [2.75, 3.05) is 30.3 Å². The molecule has 0 aromatic heterocycles. The molecule has 2 amide bonds. The van der Waals surface area contributed by atoms with Crippen LogP contribution >= 0.6 is 0 Å². The summed E-state index contributed by atoms with van der Waals surface area (Å²) in [7, 11) is 0. The first-order valence-electron chi connectivity index (χ1n) is 8.31. The van der Waals surface area contributed by atoms with Gasteiger partial charge in [0.05, 0.1) is 24.3 Å². The van der Waals surface area contributed by atoms with Gasteiger partial charge in [0.1, 0.15) is 0 Å². The number of rotatable bonds is 5. The lowest BCUT2D eigenvalue weighted by Gasteiger charge is -2.14. The molecule has 5 heteroatoms. The van der Waals surface area contributed by atoms with Gasteiger partial charge in [-0.25, -0.2) is 0 Å². The van der Waals surface area contributed by atoms with Crippen LogP contribution in [0.5, 0.6) is 0 Å². The number of likely N-dealkylation sites (tertiary alicyclic amines) is 1. The summed E-state index contributed by atoms with van der Waals surface area (Å²) in [4.78, 5) is 26.0. The highest BCUT2D eigenvalue weighted by atomic mass is 16.2. The van der Waals surface area contributed by atoms with E-state index in [2.05, 4.69) is 10.6 Å². The van der Waals surface area contributed by atoms with Gasteiger partial charge in [0.15, 0.2) is 6.54 Å². The molecule has 0 spiro atoms. The first-order valence-corrected chi connectivity index (χ1v) is 8.31. The van der Waals surface area contributed by atoms with Gasteiger partial charge in [-0.15, -0.1) is 0 Å². The molecule has 3 N–H and O–H groups in total. The lowest BCUT2D eigenvalue weighted by Crippen LogP contribution is -3.11. The average molecular weight is 324 g/mol. The van der Waals surface area contributed by atoms with Crippen LogP contribution in [0.15, 0.2) is 54.6 Å². The number of carbonyl (C=O) groups excluding carboxylic acids is 2. The summed E-state index contributed by atoms with van der Waals surface area (Å²) in [6, 6.07) is 16.4. The second-order valence-corrected chi connectivity index (χ2v) is 6.05. The highest BCUT2D eigenvalue weighted by Gasteiger charge is 2.20. The molecule has 3 rings (SSSR count). The Balaban J connectivity index is 1.68. The Morgan fingerprint density at radius 3 is 2.29 bits per heavy atom. The summed E-state index contributed by atoms with van der Waals surface area (Å²) in [6.45, 7) is 2.54. The van der Waals surface area contributed by atoms with Crippen molar-refractivity contribution in [1.29, 1.82) is 0 Å². The van der Waals surface area contributed by atoms with Gasteiger partial charge >= 0.3 is 0 Å². The van der Waals surface area contributed by atoms with Crippen LogP contribution in [0.2, 0.25) is 0 Å². The number of amides is 2. The van der Waals surface area contributed by atoms with Gasteiger partial charge in [-0.1, -0.05) is 30.3 Å². The molecule has 1 aliphatic heterocycles. The first-order chi connectivity index (χ1) is 11.7. The summed E-state index contributed by atoms with van der Waals surface area (Å²) >= 11 is 0. The third-order valence-electron chi connectivity index (χ3n) is 4.20. The van der Waals surface area contributed by atoms with Crippen LogP contribution in [-0.4, -0.2) is 31.4 Å². The molecule has 124 valence electrons. The van der Waals surface area contributed by atoms with Crippen LogP contribution in [-0.2, 0) is 4.79 Å². The van der Waals surface area contributed by atoms with Gasteiger partial charge in [0, 0.05) is 18.5 Å². The van der Waals surface area contributed by atoms with Crippen molar-refractivity contribution in [3.8, 4) is 0 Å². The van der Waals surface area contributed by atoms with E-state index in [1.807, 2.05) is 36.4 Å². The lowest BCUT2D eigenvalue weighted by atomic mass is 10.1. The van der Waals surface area contributed by atoms with Crippen LogP contribution in [0.1, 0.15) is 23.2 Å². The minimum atomic E-state index is -0.231. The Morgan fingerprint density at radius 1 is 0.875 bits per heavy atom. The molecular weight excluding hydrogens is 302 g/mol. The van der Waals surface area contributed by atoms with Crippen LogP contribution in [0.25, 0.3) is 0 Å². The fourth-order valence-electron chi connectivity index (χ4n) is 2.98. The van der Waals surface area contributed by atoms with E-state index in [4.69, 9.17) is 0 Å². The smallest absolute Gasteiger partial charge is 0.279 e. The van der Waals surface area contributed by atoms with Gasteiger partial charge in [0.2, 0.25) is 0 Å². The summed E-state index contributed by atoms with van der Waals surface area (Å²) in [6.07, 6.45) is 2.36. The third-order valence-corrected chi connectivity index (χ3v) is 4.20. The van der Waals surface area contributed by atoms with Crippen molar-refractivity contribution in [1.82, 2.24) is 0 Å². The fraction of sp³-hybridized carbons (Fsp3) is 0.263. The normalized spacial score (nSPS) is 14.3. The van der Waals surface area contributed by atoms with E-state index in [1.165, 1.54) is 17.7 Å². The molecule has 0 radical (unpaired) electrons. The molecule has 1 heterocycles. The molecule has 0 saturated carbocycles. The van der Waals surface area contributed by atoms with Crippen molar-refractivity contribution in [2.45, 2.75) is 12.8 Å². The molecule has 0 aliphatic carbocycles. The Bertz CT molecular complexity index is 710. The van der Waals surface area contributed by atoms with Crippen LogP contribution in [0.4, 0.5) is 11.4 Å². The van der Waals surface area contributed by atoms with Gasteiger partial charge in [-0.2, -0.15) is 0 Å². The molecule has 1 fully saturated rings. The van der Waals surface area contributed by atoms with Gasteiger partial charge in [-0.05, 0) is 24.3 Å². The molecule has 2 aromatic rings. The number of nitrogens with one attached hydrogen (secondary N) is 3. The fourth-order valence-corrected chi connectivity index (χ4v) is 2.98. The summed E-state index contributed by atoms with van der Waals surface area (Å²) < 4.78 is 0. The molecule has 2 aromatic carbocycles. The Labute approximate surface area is 141 Å². The van der Waals surface area contributed by atoms with Crippen LogP contribution in [0.3, 0.4) is 0 Å². The van der Waals surface area contributed by atoms with Crippen molar-refractivity contribution >= 4 is 23.2 Å². The maximum absolute atomic E-state index is 12.5. The van der Waals surface area contributed by atoms with Crippen molar-refractivity contribution < 1.29 is 14.5 Å². The Kier molecular flexibility index (Phi) is 5.23. The molecule has 0 atom stereocenters. The molecular formula is C19H22N3O2+. The Hall–Kier alpha value is -2.66. The monoisotopic (exact) mass is 324 g/mol. The van der Waals surface area contributed by atoms with E-state index in [0.717, 1.165) is 18.8 Å². The second-order valence-electron chi connectivity index (χ2n) is 6.05. The quantitative estimate of drug-likeness (QED) is 0.781. The highest BCUT2D eigenvalue weighted by Crippen LogP contribution is 2.17. The van der Waals surface area contributed by atoms with Gasteiger partial charge in [-0.3, -0.25) is 9.59 Å². The molecule has 0 bridgehead atoms. The predicted octanol–water partition coefficient (Wildman–Crippen LogP) is 1.56. The zero-order valence-electron chi connectivity index (χ0n) is 13.5. The van der Waals surface area contributed by atoms with E-state index in [-0.39, 0.29) is 11.8 Å². The highest BCUT2D eigenvalue weighted by molar-refractivity contribution is 6.10. The number of hydrogen-bond acceptors (Lipinski definition) is 2. The molecule has 1 aliphatic rings. The van der Waals surface area contributed by atoms with E-state index in [9.17, 15) is 9.59 Å². The largest absolute Gasteiger partial charge is 0.327 e. The zero-order chi connectivity index (χ0) is 16.8. The minimum absolute atomic E-state index is 0.0492. The summed E-state index contributed by atoms with van der Waals surface area (Å²) in [5, 5.41) is 5.73. The minimum Gasteiger partial charge on any atom is -0.327 e. The molecule has 1 saturated heterocycles. The summed E-state index contributed by atoms with van der Waals surface area (Å²) in [5.74, 6) is -0.280. The van der Waals surface area contributed by atoms with E-state index >= 15 is 0 Å². The number of carbonyl (C=O) groups is 2. The van der Waals surface area contributed by atoms with Gasteiger partial charge < -0.3 is 15.5 Å². The molecule has 5 nitrogen and oxygen atoms in total. The van der Waals surface area contributed by atoms with Crippen molar-refractivity contribution in [2.24, 2.45) is 0 Å². The van der Waals surface area contributed by atoms with Crippen molar-refractivity contribution in [3.05, 3.63) is 60.2 Å². The molecule has 0 unspecified atom stereocenters. The van der Waals surface area contributed by atoms with Gasteiger partial charge in [0.25, 0.3) is 11.8 Å². The van der Waals surface area contributed by atoms with Crippen molar-refractivity contribution in [3.63, 3.8) is 0 Å². The standard InChI is InChI=1S/C19H21N3O2/c23-18(14-22-12-6-7-13-22)21-17-11-5-4-10-16(17)19(24)20-15-8-2-1-3-9-15/h1-5,8-11H,6-7,12-14H2,(H,20,24)(H,21,23)/p+1. The lowest BCUT2D eigenvalue weighted by molar-refractivity contribution is -0.878. The van der Waals surface area contributed by atoms with E-state index in [1.54, 1.807) is 18.2 Å².